The number of aliphatic imine (C=N–C) groups is 1. The van der Waals surface area contributed by atoms with Crippen LogP contribution in [0.3, 0.4) is 0 Å². The minimum atomic E-state index is -4.32. The summed E-state index contributed by atoms with van der Waals surface area (Å²) in [6, 6.07) is 5.56. The zero-order valence-corrected chi connectivity index (χ0v) is 18.2. The summed E-state index contributed by atoms with van der Waals surface area (Å²) in [7, 11) is 0. The third-order valence-corrected chi connectivity index (χ3v) is 5.45. The van der Waals surface area contributed by atoms with Crippen molar-refractivity contribution in [1.82, 2.24) is 19.8 Å². The number of hydrogen-bond acceptors (Lipinski definition) is 3. The van der Waals surface area contributed by atoms with Crippen LogP contribution < -0.4 is 10.2 Å². The number of unbranched alkanes of at least 4 members (excludes halogenated alkanes) is 1. The molecule has 1 aromatic carbocycles. The molecule has 6 nitrogen and oxygen atoms in total. The minimum Gasteiger partial charge on any atom is -0.368 e. The summed E-state index contributed by atoms with van der Waals surface area (Å²) in [5, 5.41) is 3.34. The van der Waals surface area contributed by atoms with Crippen molar-refractivity contribution >= 4 is 11.6 Å². The topological polar surface area (TPSA) is 48.7 Å². The molecular formula is C22H31F3N6. The van der Waals surface area contributed by atoms with E-state index in [4.69, 9.17) is 4.99 Å². The first-order chi connectivity index (χ1) is 14.9. The Morgan fingerprint density at radius 3 is 2.58 bits per heavy atom. The molecular weight excluding hydrogens is 405 g/mol. The van der Waals surface area contributed by atoms with Crippen LogP contribution in [-0.4, -0.2) is 59.7 Å². The molecule has 0 amide bonds. The highest BCUT2D eigenvalue weighted by molar-refractivity contribution is 5.80. The molecule has 0 unspecified atom stereocenters. The van der Waals surface area contributed by atoms with Crippen molar-refractivity contribution in [2.75, 3.05) is 44.2 Å². The molecule has 3 rings (SSSR count). The van der Waals surface area contributed by atoms with Crippen LogP contribution in [0.25, 0.3) is 0 Å². The van der Waals surface area contributed by atoms with Gasteiger partial charge in [-0.2, -0.15) is 13.2 Å². The molecule has 1 saturated heterocycles. The largest absolute Gasteiger partial charge is 0.416 e. The predicted molar refractivity (Wildman–Crippen MR) is 117 cm³/mol. The summed E-state index contributed by atoms with van der Waals surface area (Å²) in [5.41, 5.74) is 0.0134. The van der Waals surface area contributed by atoms with E-state index in [1.54, 1.807) is 6.07 Å². The number of piperazine rings is 1. The van der Waals surface area contributed by atoms with Crippen LogP contribution >= 0.6 is 0 Å². The second-order valence-electron chi connectivity index (χ2n) is 7.63. The molecule has 0 spiro atoms. The first-order valence-corrected chi connectivity index (χ1v) is 10.8. The summed E-state index contributed by atoms with van der Waals surface area (Å²) >= 11 is 0. The molecule has 170 valence electrons. The fraction of sp³-hybridized carbons (Fsp3) is 0.545. The molecule has 31 heavy (non-hydrogen) atoms. The van der Waals surface area contributed by atoms with Gasteiger partial charge in [0, 0.05) is 63.9 Å². The predicted octanol–water partition coefficient (Wildman–Crippen LogP) is 3.78. The maximum absolute atomic E-state index is 13.0. The number of aryl methyl sites for hydroxylation is 2. The van der Waals surface area contributed by atoms with E-state index in [0.717, 1.165) is 63.4 Å². The Morgan fingerprint density at radius 2 is 1.94 bits per heavy atom. The van der Waals surface area contributed by atoms with Crippen LogP contribution in [0, 0.1) is 6.92 Å². The Labute approximate surface area is 181 Å². The van der Waals surface area contributed by atoms with Gasteiger partial charge < -0.3 is 19.7 Å². The fourth-order valence-corrected chi connectivity index (χ4v) is 3.70. The van der Waals surface area contributed by atoms with Gasteiger partial charge >= 0.3 is 6.18 Å². The van der Waals surface area contributed by atoms with E-state index in [1.807, 2.05) is 31.1 Å². The highest BCUT2D eigenvalue weighted by Crippen LogP contribution is 2.31. The van der Waals surface area contributed by atoms with Gasteiger partial charge in [-0.1, -0.05) is 6.07 Å². The van der Waals surface area contributed by atoms with E-state index in [9.17, 15) is 13.2 Å². The van der Waals surface area contributed by atoms with Gasteiger partial charge in [0.2, 0.25) is 0 Å². The highest BCUT2D eigenvalue weighted by Gasteiger charge is 2.31. The standard InChI is InChI=1S/C22H31F3N6/c1-3-26-21(28-9-4-5-11-29-12-10-27-18(29)2)31-15-13-30(14-16-31)20-8-6-7-19(17-20)22(23,24)25/h6-8,10,12,17H,3-5,9,11,13-16H2,1-2H3,(H,26,28). The van der Waals surface area contributed by atoms with E-state index in [1.165, 1.54) is 12.1 Å². The van der Waals surface area contributed by atoms with Gasteiger partial charge in [0.1, 0.15) is 5.82 Å². The van der Waals surface area contributed by atoms with Crippen LogP contribution in [0.5, 0.6) is 0 Å². The summed E-state index contributed by atoms with van der Waals surface area (Å²) in [6.45, 7) is 9.25. The number of imidazole rings is 1. The van der Waals surface area contributed by atoms with Gasteiger partial charge in [0.25, 0.3) is 0 Å². The molecule has 1 aliphatic heterocycles. The Balaban J connectivity index is 1.51. The number of anilines is 1. The van der Waals surface area contributed by atoms with Crippen LogP contribution in [0.4, 0.5) is 18.9 Å². The second kappa shape index (κ2) is 10.5. The number of nitrogens with one attached hydrogen (secondary N) is 1. The first kappa shape index (κ1) is 23.0. The van der Waals surface area contributed by atoms with E-state index < -0.39 is 11.7 Å². The molecule has 0 aliphatic carbocycles. The van der Waals surface area contributed by atoms with Crippen molar-refractivity contribution in [1.29, 1.82) is 0 Å². The second-order valence-corrected chi connectivity index (χ2v) is 7.63. The van der Waals surface area contributed by atoms with Gasteiger partial charge in [-0.25, -0.2) is 4.98 Å². The first-order valence-electron chi connectivity index (χ1n) is 10.8. The Morgan fingerprint density at radius 1 is 1.16 bits per heavy atom. The van der Waals surface area contributed by atoms with Crippen molar-refractivity contribution < 1.29 is 13.2 Å². The quantitative estimate of drug-likeness (QED) is 0.408. The van der Waals surface area contributed by atoms with Crippen molar-refractivity contribution in [3.05, 3.63) is 48.0 Å². The zero-order chi connectivity index (χ0) is 22.3. The third-order valence-electron chi connectivity index (χ3n) is 5.45. The van der Waals surface area contributed by atoms with E-state index >= 15 is 0 Å². The molecule has 0 atom stereocenters. The van der Waals surface area contributed by atoms with Crippen molar-refractivity contribution in [2.24, 2.45) is 4.99 Å². The van der Waals surface area contributed by atoms with Gasteiger partial charge in [-0.05, 0) is 44.9 Å². The van der Waals surface area contributed by atoms with Gasteiger partial charge in [0.15, 0.2) is 5.96 Å². The molecule has 0 bridgehead atoms. The lowest BCUT2D eigenvalue weighted by atomic mass is 10.1. The number of rotatable bonds is 7. The van der Waals surface area contributed by atoms with Gasteiger partial charge in [0.05, 0.1) is 5.56 Å². The molecule has 1 aromatic heterocycles. The van der Waals surface area contributed by atoms with E-state index in [-0.39, 0.29) is 0 Å². The summed E-state index contributed by atoms with van der Waals surface area (Å²) < 4.78 is 41.2. The maximum Gasteiger partial charge on any atom is 0.416 e. The SMILES string of the molecule is CCNC(=NCCCCn1ccnc1C)N1CCN(c2cccc(C(F)(F)F)c2)CC1. The third kappa shape index (κ3) is 6.38. The highest BCUT2D eigenvalue weighted by atomic mass is 19.4. The number of alkyl halides is 3. The van der Waals surface area contributed by atoms with Gasteiger partial charge in [-0.15, -0.1) is 0 Å². The molecule has 0 saturated carbocycles. The molecule has 1 fully saturated rings. The number of benzene rings is 1. The van der Waals surface area contributed by atoms with Gasteiger partial charge in [-0.3, -0.25) is 4.99 Å². The smallest absolute Gasteiger partial charge is 0.368 e. The van der Waals surface area contributed by atoms with Crippen molar-refractivity contribution in [3.8, 4) is 0 Å². The molecule has 1 N–H and O–H groups in total. The molecule has 1 aliphatic rings. The normalized spacial score (nSPS) is 15.5. The molecule has 2 aromatic rings. The maximum atomic E-state index is 13.0. The minimum absolute atomic E-state index is 0.604. The van der Waals surface area contributed by atoms with Crippen molar-refractivity contribution in [3.63, 3.8) is 0 Å². The van der Waals surface area contributed by atoms with Crippen LogP contribution in [-0.2, 0) is 12.7 Å². The Kier molecular flexibility index (Phi) is 7.81. The van der Waals surface area contributed by atoms with E-state index in [0.29, 0.717) is 18.8 Å². The average Bonchev–Trinajstić information content (AvgIpc) is 3.17. The zero-order valence-electron chi connectivity index (χ0n) is 18.2. The monoisotopic (exact) mass is 436 g/mol. The van der Waals surface area contributed by atoms with E-state index in [2.05, 4.69) is 19.8 Å². The molecule has 9 heteroatoms. The fourth-order valence-electron chi connectivity index (χ4n) is 3.70. The van der Waals surface area contributed by atoms with Crippen molar-refractivity contribution in [2.45, 2.75) is 39.4 Å². The number of halogens is 3. The summed E-state index contributed by atoms with van der Waals surface area (Å²) in [5.74, 6) is 1.90. The van der Waals surface area contributed by atoms with Crippen LogP contribution in [0.15, 0.2) is 41.7 Å². The molecule has 0 radical (unpaired) electrons. The number of nitrogens with zero attached hydrogens (tertiary/aromatic N) is 5. The Bertz CT molecular complexity index is 853. The van der Waals surface area contributed by atoms with Crippen LogP contribution in [0.2, 0.25) is 0 Å². The number of hydrogen-bond donors (Lipinski definition) is 1. The number of guanidine groups is 1. The van der Waals surface area contributed by atoms with Crippen LogP contribution in [0.1, 0.15) is 31.2 Å². The number of aromatic nitrogens is 2. The molecule has 2 heterocycles. The lowest BCUT2D eigenvalue weighted by Crippen LogP contribution is -2.52. The summed E-state index contributed by atoms with van der Waals surface area (Å²) in [6.07, 6.45) is 1.50. The summed E-state index contributed by atoms with van der Waals surface area (Å²) in [4.78, 5) is 13.2. The lowest BCUT2D eigenvalue weighted by molar-refractivity contribution is -0.137. The Hall–Kier alpha value is -2.71. The lowest BCUT2D eigenvalue weighted by Gasteiger charge is -2.38. The average molecular weight is 437 g/mol.